The summed E-state index contributed by atoms with van der Waals surface area (Å²) in [5.74, 6) is -0.147. The van der Waals surface area contributed by atoms with Gasteiger partial charge in [-0.05, 0) is 36.8 Å². The summed E-state index contributed by atoms with van der Waals surface area (Å²) in [7, 11) is -4.27. The molecule has 8 nitrogen and oxygen atoms in total. The van der Waals surface area contributed by atoms with Crippen LogP contribution in [0, 0.1) is 0 Å². The fraction of sp³-hybridized carbons (Fsp3) is 0.316. The van der Waals surface area contributed by atoms with Gasteiger partial charge in [-0.2, -0.15) is 0 Å². The van der Waals surface area contributed by atoms with Gasteiger partial charge in [0.25, 0.3) is 5.91 Å². The number of methoxy groups -OCH3 is 2. The molecule has 1 aliphatic rings. The van der Waals surface area contributed by atoms with Crippen molar-refractivity contribution in [2.24, 2.45) is 0 Å². The van der Waals surface area contributed by atoms with Crippen LogP contribution in [-0.4, -0.2) is 53.7 Å². The molecule has 1 fully saturated rings. The number of ether oxygens (including phenoxy) is 2. The molecular formula is C19H21NO7S2. The van der Waals surface area contributed by atoms with Crippen molar-refractivity contribution in [1.29, 1.82) is 0 Å². The van der Waals surface area contributed by atoms with Crippen LogP contribution in [0.1, 0.15) is 16.8 Å². The Bertz CT molecular complexity index is 1140. The minimum Gasteiger partial charge on any atom is -0.497 e. The number of benzene rings is 2. The number of hydrogen-bond donors (Lipinski definition) is 1. The van der Waals surface area contributed by atoms with Crippen LogP contribution in [0.4, 0.5) is 5.69 Å². The molecule has 0 radical (unpaired) electrons. The molecule has 1 atom stereocenters. The summed E-state index contributed by atoms with van der Waals surface area (Å²) in [6.45, 7) is 0. The van der Waals surface area contributed by atoms with Crippen molar-refractivity contribution < 1.29 is 31.1 Å². The quantitative estimate of drug-likeness (QED) is 0.731. The molecule has 10 heteroatoms. The summed E-state index contributed by atoms with van der Waals surface area (Å²) in [5, 5.41) is 1.68. The Hall–Kier alpha value is -2.59. The predicted molar refractivity (Wildman–Crippen MR) is 108 cm³/mol. The lowest BCUT2D eigenvalue weighted by Gasteiger charge is -2.13. The Morgan fingerprint density at radius 1 is 1.10 bits per heavy atom. The maximum atomic E-state index is 12.8. The Balaban J connectivity index is 1.87. The molecule has 0 saturated carbocycles. The third kappa shape index (κ3) is 4.54. The summed E-state index contributed by atoms with van der Waals surface area (Å²) >= 11 is 0. The van der Waals surface area contributed by atoms with Crippen LogP contribution in [0.25, 0.3) is 0 Å². The molecular weight excluding hydrogens is 418 g/mol. The van der Waals surface area contributed by atoms with E-state index in [0.717, 1.165) is 0 Å². The second-order valence-corrected chi connectivity index (χ2v) is 11.1. The number of rotatable bonds is 6. The van der Waals surface area contributed by atoms with Crippen molar-refractivity contribution in [2.75, 3.05) is 31.0 Å². The molecule has 0 aromatic heterocycles. The number of sulfone groups is 2. The van der Waals surface area contributed by atoms with Crippen molar-refractivity contribution in [1.82, 2.24) is 0 Å². The number of carbonyl (C=O) groups excluding carboxylic acids is 1. The van der Waals surface area contributed by atoms with E-state index in [1.165, 1.54) is 38.5 Å². The van der Waals surface area contributed by atoms with Crippen LogP contribution >= 0.6 is 0 Å². The first-order chi connectivity index (χ1) is 13.7. The largest absolute Gasteiger partial charge is 0.497 e. The van der Waals surface area contributed by atoms with Crippen molar-refractivity contribution in [3.05, 3.63) is 48.0 Å². The highest BCUT2D eigenvalue weighted by Crippen LogP contribution is 2.30. The van der Waals surface area contributed by atoms with Gasteiger partial charge in [-0.3, -0.25) is 4.79 Å². The fourth-order valence-electron chi connectivity index (χ4n) is 3.12. The van der Waals surface area contributed by atoms with E-state index in [9.17, 15) is 21.6 Å². The second kappa shape index (κ2) is 8.03. The van der Waals surface area contributed by atoms with E-state index in [4.69, 9.17) is 9.47 Å². The molecule has 1 aliphatic heterocycles. The van der Waals surface area contributed by atoms with Crippen LogP contribution in [-0.2, 0) is 19.7 Å². The Morgan fingerprint density at radius 3 is 2.48 bits per heavy atom. The first kappa shape index (κ1) is 21.1. The van der Waals surface area contributed by atoms with Gasteiger partial charge in [-0.15, -0.1) is 0 Å². The van der Waals surface area contributed by atoms with Crippen molar-refractivity contribution >= 4 is 31.3 Å². The van der Waals surface area contributed by atoms with E-state index < -0.39 is 36.6 Å². The van der Waals surface area contributed by atoms with Gasteiger partial charge in [0, 0.05) is 11.6 Å². The van der Waals surface area contributed by atoms with E-state index in [-0.39, 0.29) is 22.6 Å². The van der Waals surface area contributed by atoms with Gasteiger partial charge in [0.1, 0.15) is 11.5 Å². The van der Waals surface area contributed by atoms with Crippen LogP contribution in [0.3, 0.4) is 0 Å². The topological polar surface area (TPSA) is 116 Å². The second-order valence-electron chi connectivity index (χ2n) is 6.62. The van der Waals surface area contributed by atoms with Crippen molar-refractivity contribution in [2.45, 2.75) is 16.6 Å². The van der Waals surface area contributed by atoms with Crippen LogP contribution in [0.15, 0.2) is 47.4 Å². The van der Waals surface area contributed by atoms with E-state index in [2.05, 4.69) is 5.32 Å². The summed E-state index contributed by atoms with van der Waals surface area (Å²) in [6, 6.07) is 10.4. The monoisotopic (exact) mass is 439 g/mol. The smallest absolute Gasteiger partial charge is 0.255 e. The molecule has 2 aromatic rings. The highest BCUT2D eigenvalue weighted by molar-refractivity contribution is 7.96. The third-order valence-corrected chi connectivity index (χ3v) is 8.88. The number of amides is 1. The molecule has 0 bridgehead atoms. The van der Waals surface area contributed by atoms with Crippen LogP contribution in [0.2, 0.25) is 0 Å². The van der Waals surface area contributed by atoms with Gasteiger partial charge in [0.05, 0.1) is 41.6 Å². The molecule has 2 aromatic carbocycles. The molecule has 0 unspecified atom stereocenters. The lowest BCUT2D eigenvalue weighted by molar-refractivity contribution is 0.102. The normalized spacial score (nSPS) is 18.2. The van der Waals surface area contributed by atoms with Gasteiger partial charge in [-0.1, -0.05) is 6.07 Å². The first-order valence-electron chi connectivity index (χ1n) is 8.74. The molecule has 1 N–H and O–H groups in total. The number of hydrogen-bond acceptors (Lipinski definition) is 7. The molecule has 1 saturated heterocycles. The molecule has 29 heavy (non-hydrogen) atoms. The SMILES string of the molecule is COc1ccc(OC)c(NC(=O)c2cccc(S(=O)(=O)[C@H]3CCS(=O)(=O)C3)c2)c1. The molecule has 3 rings (SSSR count). The zero-order chi connectivity index (χ0) is 21.2. The molecule has 0 spiro atoms. The van der Waals surface area contributed by atoms with Gasteiger partial charge in [0.2, 0.25) is 0 Å². The van der Waals surface area contributed by atoms with Gasteiger partial charge < -0.3 is 14.8 Å². The van der Waals surface area contributed by atoms with Gasteiger partial charge >= 0.3 is 0 Å². The first-order valence-corrected chi connectivity index (χ1v) is 12.1. The summed E-state index contributed by atoms with van der Waals surface area (Å²) in [4.78, 5) is 12.6. The summed E-state index contributed by atoms with van der Waals surface area (Å²) in [5.41, 5.74) is 0.490. The fourth-order valence-corrected chi connectivity index (χ4v) is 7.52. The molecule has 1 heterocycles. The van der Waals surface area contributed by atoms with E-state index in [1.807, 2.05) is 0 Å². The lowest BCUT2D eigenvalue weighted by Crippen LogP contribution is -2.23. The Morgan fingerprint density at radius 2 is 1.86 bits per heavy atom. The average Bonchev–Trinajstić information content (AvgIpc) is 3.08. The summed E-state index contributed by atoms with van der Waals surface area (Å²) < 4.78 is 59.3. The highest BCUT2D eigenvalue weighted by Gasteiger charge is 2.38. The zero-order valence-corrected chi connectivity index (χ0v) is 17.5. The molecule has 156 valence electrons. The lowest BCUT2D eigenvalue weighted by atomic mass is 10.2. The molecule has 0 aliphatic carbocycles. The highest BCUT2D eigenvalue weighted by atomic mass is 32.2. The summed E-state index contributed by atoms with van der Waals surface area (Å²) in [6.07, 6.45) is 0.0576. The van der Waals surface area contributed by atoms with E-state index >= 15 is 0 Å². The van der Waals surface area contributed by atoms with Crippen LogP contribution in [0.5, 0.6) is 11.5 Å². The van der Waals surface area contributed by atoms with Crippen LogP contribution < -0.4 is 14.8 Å². The standard InChI is InChI=1S/C19H21NO7S2/c1-26-14-6-7-18(27-2)17(11-14)20-19(21)13-4-3-5-15(10-13)29(24,25)16-8-9-28(22,23)12-16/h3-7,10-11,16H,8-9,12H2,1-2H3,(H,20,21)/t16-/m0/s1. The van der Waals surface area contributed by atoms with Crippen molar-refractivity contribution in [3.63, 3.8) is 0 Å². The van der Waals surface area contributed by atoms with Gasteiger partial charge in [-0.25, -0.2) is 16.8 Å². The maximum absolute atomic E-state index is 12.8. The minimum atomic E-state index is -3.87. The Kier molecular flexibility index (Phi) is 5.85. The average molecular weight is 440 g/mol. The predicted octanol–water partition coefficient (Wildman–Crippen LogP) is 1.92. The van der Waals surface area contributed by atoms with Crippen molar-refractivity contribution in [3.8, 4) is 11.5 Å². The number of nitrogens with one attached hydrogen (secondary N) is 1. The maximum Gasteiger partial charge on any atom is 0.255 e. The number of anilines is 1. The van der Waals surface area contributed by atoms with Gasteiger partial charge in [0.15, 0.2) is 19.7 Å². The third-order valence-electron chi connectivity index (χ3n) is 4.71. The minimum absolute atomic E-state index is 0.0576. The Labute approximate surface area is 169 Å². The molecule has 1 amide bonds. The van der Waals surface area contributed by atoms with E-state index in [0.29, 0.717) is 17.2 Å². The van der Waals surface area contributed by atoms with E-state index in [1.54, 1.807) is 18.2 Å². The zero-order valence-electron chi connectivity index (χ0n) is 15.9. The number of carbonyl (C=O) groups is 1.